The van der Waals surface area contributed by atoms with Gasteiger partial charge in [-0.05, 0) is 31.2 Å². The van der Waals surface area contributed by atoms with Crippen molar-refractivity contribution in [3.63, 3.8) is 0 Å². The molecule has 0 saturated carbocycles. The van der Waals surface area contributed by atoms with Crippen molar-refractivity contribution in [1.29, 1.82) is 0 Å². The van der Waals surface area contributed by atoms with Gasteiger partial charge < -0.3 is 4.42 Å². The third-order valence-electron chi connectivity index (χ3n) is 3.72. The van der Waals surface area contributed by atoms with Crippen molar-refractivity contribution >= 4 is 22.1 Å². The third kappa shape index (κ3) is 1.98. The fraction of sp³-hybridized carbons (Fsp3) is 0.118. The zero-order valence-corrected chi connectivity index (χ0v) is 12.0. The Hall–Kier alpha value is -2.95. The number of oxazole rings is 1. The van der Waals surface area contributed by atoms with E-state index in [1.165, 1.54) is 0 Å². The zero-order chi connectivity index (χ0) is 15.1. The molecule has 0 fully saturated rings. The summed E-state index contributed by atoms with van der Waals surface area (Å²) >= 11 is 0. The van der Waals surface area contributed by atoms with E-state index in [9.17, 15) is 4.79 Å². The van der Waals surface area contributed by atoms with Gasteiger partial charge in [-0.15, -0.1) is 0 Å². The molecule has 108 valence electrons. The van der Waals surface area contributed by atoms with Crippen LogP contribution in [0.25, 0.3) is 22.1 Å². The van der Waals surface area contributed by atoms with Gasteiger partial charge in [0.05, 0.1) is 34.5 Å². The van der Waals surface area contributed by atoms with E-state index in [0.29, 0.717) is 12.1 Å². The first-order valence-electron chi connectivity index (χ1n) is 7.03. The van der Waals surface area contributed by atoms with Crippen molar-refractivity contribution in [2.24, 2.45) is 0 Å². The predicted molar refractivity (Wildman–Crippen MR) is 83.9 cm³/mol. The minimum absolute atomic E-state index is 0.347. The molecule has 0 aliphatic carbocycles. The SMILES string of the molecule is Cc1nc2ccccc2nc1Cn1c(=O)oc2ccccc21. The van der Waals surface area contributed by atoms with Crippen LogP contribution in [0, 0.1) is 6.92 Å². The molecule has 0 radical (unpaired) electrons. The van der Waals surface area contributed by atoms with E-state index >= 15 is 0 Å². The lowest BCUT2D eigenvalue weighted by atomic mass is 10.2. The van der Waals surface area contributed by atoms with Gasteiger partial charge in [0.25, 0.3) is 0 Å². The molecule has 0 spiro atoms. The first-order valence-corrected chi connectivity index (χ1v) is 7.03. The molecule has 2 heterocycles. The maximum Gasteiger partial charge on any atom is 0.420 e. The molecule has 2 aromatic heterocycles. The molecular formula is C17H13N3O2. The summed E-state index contributed by atoms with van der Waals surface area (Å²) in [5.74, 6) is -0.379. The molecule has 5 nitrogen and oxygen atoms in total. The molecule has 5 heteroatoms. The molecular weight excluding hydrogens is 278 g/mol. The molecule has 0 atom stereocenters. The minimum atomic E-state index is -0.379. The van der Waals surface area contributed by atoms with Crippen molar-refractivity contribution in [2.45, 2.75) is 13.5 Å². The summed E-state index contributed by atoms with van der Waals surface area (Å²) in [4.78, 5) is 21.3. The monoisotopic (exact) mass is 291 g/mol. The molecule has 0 unspecified atom stereocenters. The van der Waals surface area contributed by atoms with Crippen molar-refractivity contribution in [3.8, 4) is 0 Å². The van der Waals surface area contributed by atoms with E-state index in [0.717, 1.165) is 27.9 Å². The molecule has 4 rings (SSSR count). The van der Waals surface area contributed by atoms with Crippen LogP contribution in [-0.2, 0) is 6.54 Å². The smallest absolute Gasteiger partial charge is 0.408 e. The Balaban J connectivity index is 1.87. The summed E-state index contributed by atoms with van der Waals surface area (Å²) in [5.41, 5.74) is 4.61. The number of aromatic nitrogens is 3. The van der Waals surface area contributed by atoms with Crippen LogP contribution in [0.5, 0.6) is 0 Å². The highest BCUT2D eigenvalue weighted by Crippen LogP contribution is 2.16. The third-order valence-corrected chi connectivity index (χ3v) is 3.72. The zero-order valence-electron chi connectivity index (χ0n) is 12.0. The second-order valence-electron chi connectivity index (χ2n) is 5.17. The van der Waals surface area contributed by atoms with Gasteiger partial charge in [-0.1, -0.05) is 24.3 Å². The Kier molecular flexibility index (Phi) is 2.79. The van der Waals surface area contributed by atoms with Crippen LogP contribution >= 0.6 is 0 Å². The topological polar surface area (TPSA) is 60.9 Å². The summed E-state index contributed by atoms with van der Waals surface area (Å²) in [6, 6.07) is 15.1. The highest BCUT2D eigenvalue weighted by Gasteiger charge is 2.12. The Morgan fingerprint density at radius 3 is 2.50 bits per heavy atom. The Morgan fingerprint density at radius 1 is 1.00 bits per heavy atom. The van der Waals surface area contributed by atoms with Gasteiger partial charge in [-0.25, -0.2) is 14.8 Å². The molecule has 0 bridgehead atoms. The molecule has 0 amide bonds. The van der Waals surface area contributed by atoms with Gasteiger partial charge in [-0.3, -0.25) is 4.57 Å². The Morgan fingerprint density at radius 2 is 1.68 bits per heavy atom. The highest BCUT2D eigenvalue weighted by atomic mass is 16.4. The molecule has 0 saturated heterocycles. The number of benzene rings is 2. The standard InChI is InChI=1S/C17H13N3O2/c1-11-14(19-13-7-3-2-6-12(13)18-11)10-20-15-8-4-5-9-16(15)22-17(20)21/h2-9H,10H2,1H3. The molecule has 4 aromatic rings. The van der Waals surface area contributed by atoms with Crippen molar-refractivity contribution in [1.82, 2.24) is 14.5 Å². The normalized spacial score (nSPS) is 11.3. The lowest BCUT2D eigenvalue weighted by molar-refractivity contribution is 0.515. The maximum atomic E-state index is 12.1. The van der Waals surface area contributed by atoms with E-state index in [4.69, 9.17) is 4.42 Å². The van der Waals surface area contributed by atoms with Gasteiger partial charge >= 0.3 is 5.76 Å². The number of nitrogens with zero attached hydrogens (tertiary/aromatic N) is 3. The van der Waals surface area contributed by atoms with Crippen LogP contribution in [0.3, 0.4) is 0 Å². The predicted octanol–water partition coefficient (Wildman–Crippen LogP) is 2.89. The Bertz CT molecular complexity index is 1050. The second-order valence-corrected chi connectivity index (χ2v) is 5.17. The summed E-state index contributed by atoms with van der Waals surface area (Å²) in [7, 11) is 0. The van der Waals surface area contributed by atoms with Crippen LogP contribution in [-0.4, -0.2) is 14.5 Å². The van der Waals surface area contributed by atoms with Crippen LogP contribution in [0.4, 0.5) is 0 Å². The number of fused-ring (bicyclic) bond motifs is 2. The average molecular weight is 291 g/mol. The second kappa shape index (κ2) is 4.80. The molecule has 22 heavy (non-hydrogen) atoms. The summed E-state index contributed by atoms with van der Waals surface area (Å²) in [5, 5.41) is 0. The van der Waals surface area contributed by atoms with E-state index < -0.39 is 0 Å². The van der Waals surface area contributed by atoms with E-state index in [-0.39, 0.29) is 5.76 Å². The molecule has 0 N–H and O–H groups in total. The number of para-hydroxylation sites is 4. The quantitative estimate of drug-likeness (QED) is 0.569. The van der Waals surface area contributed by atoms with Gasteiger partial charge in [0.2, 0.25) is 0 Å². The fourth-order valence-electron chi connectivity index (χ4n) is 2.59. The summed E-state index contributed by atoms with van der Waals surface area (Å²) in [6.45, 7) is 2.25. The van der Waals surface area contributed by atoms with E-state index in [1.54, 1.807) is 10.6 Å². The fourth-order valence-corrected chi connectivity index (χ4v) is 2.59. The highest BCUT2D eigenvalue weighted by molar-refractivity contribution is 5.74. The number of hydrogen-bond acceptors (Lipinski definition) is 4. The lowest BCUT2D eigenvalue weighted by Crippen LogP contribution is -2.16. The van der Waals surface area contributed by atoms with Crippen LogP contribution in [0.1, 0.15) is 11.4 Å². The first kappa shape index (κ1) is 12.8. The molecule has 0 aliphatic rings. The van der Waals surface area contributed by atoms with E-state index in [2.05, 4.69) is 9.97 Å². The maximum absolute atomic E-state index is 12.1. The van der Waals surface area contributed by atoms with Gasteiger partial charge in [-0.2, -0.15) is 0 Å². The molecule has 0 aliphatic heterocycles. The van der Waals surface area contributed by atoms with Crippen LogP contribution in [0.2, 0.25) is 0 Å². The van der Waals surface area contributed by atoms with Crippen molar-refractivity contribution in [3.05, 3.63) is 70.5 Å². The summed E-state index contributed by atoms with van der Waals surface area (Å²) in [6.07, 6.45) is 0. The first-order chi connectivity index (χ1) is 10.7. The van der Waals surface area contributed by atoms with Gasteiger partial charge in [0.15, 0.2) is 5.58 Å². The van der Waals surface area contributed by atoms with Crippen molar-refractivity contribution < 1.29 is 4.42 Å². The largest absolute Gasteiger partial charge is 0.420 e. The van der Waals surface area contributed by atoms with E-state index in [1.807, 2.05) is 49.4 Å². The Labute approximate surface area is 125 Å². The summed E-state index contributed by atoms with van der Waals surface area (Å²) < 4.78 is 6.84. The number of hydrogen-bond donors (Lipinski definition) is 0. The molecule has 2 aromatic carbocycles. The average Bonchev–Trinajstić information content (AvgIpc) is 2.84. The van der Waals surface area contributed by atoms with Crippen LogP contribution < -0.4 is 5.76 Å². The van der Waals surface area contributed by atoms with Gasteiger partial charge in [0, 0.05) is 0 Å². The minimum Gasteiger partial charge on any atom is -0.408 e. The van der Waals surface area contributed by atoms with Crippen LogP contribution in [0.15, 0.2) is 57.7 Å². The number of aryl methyl sites for hydroxylation is 1. The van der Waals surface area contributed by atoms with Gasteiger partial charge in [0.1, 0.15) is 0 Å². The van der Waals surface area contributed by atoms with Crippen molar-refractivity contribution in [2.75, 3.05) is 0 Å². The number of rotatable bonds is 2. The lowest BCUT2D eigenvalue weighted by Gasteiger charge is -2.07.